The molecule has 0 aliphatic carbocycles. The molecule has 0 saturated carbocycles. The van der Waals surface area contributed by atoms with Crippen LogP contribution in [0.5, 0.6) is 0 Å². The molecule has 1 N–H and O–H groups in total. The van der Waals surface area contributed by atoms with Crippen LogP contribution in [0.15, 0.2) is 45.6 Å². The summed E-state index contributed by atoms with van der Waals surface area (Å²) < 4.78 is 1.82. The third-order valence-corrected chi connectivity index (χ3v) is 2.92. The first-order valence-corrected chi connectivity index (χ1v) is 6.86. The second-order valence-electron chi connectivity index (χ2n) is 3.46. The van der Waals surface area contributed by atoms with Crippen LogP contribution in [0.3, 0.4) is 0 Å². The van der Waals surface area contributed by atoms with Crippen molar-refractivity contribution < 1.29 is 4.79 Å². The Kier molecular flexibility index (Phi) is 6.52. The predicted octanol–water partition coefficient (Wildman–Crippen LogP) is 3.89. The van der Waals surface area contributed by atoms with Gasteiger partial charge in [-0.15, -0.1) is 0 Å². The largest absolute Gasteiger partial charge is 0.307 e. The molecule has 6 heteroatoms. The summed E-state index contributed by atoms with van der Waals surface area (Å²) in [6.07, 6.45) is 4.49. The Morgan fingerprint density at radius 1 is 1.11 bits per heavy atom. The van der Waals surface area contributed by atoms with Crippen molar-refractivity contribution in [3.63, 3.8) is 0 Å². The molecule has 0 radical (unpaired) electrons. The van der Waals surface area contributed by atoms with E-state index in [-0.39, 0.29) is 5.78 Å². The van der Waals surface area contributed by atoms with Crippen LogP contribution in [-0.4, -0.2) is 22.0 Å². The van der Waals surface area contributed by atoms with Crippen LogP contribution < -0.4 is 0 Å². The highest BCUT2D eigenvalue weighted by Crippen LogP contribution is 2.07. The van der Waals surface area contributed by atoms with E-state index in [0.29, 0.717) is 11.4 Å². The van der Waals surface area contributed by atoms with Crippen molar-refractivity contribution in [2.45, 2.75) is 6.92 Å². The maximum Gasteiger partial charge on any atom is 0.178 e. The number of ketones is 1. The van der Waals surface area contributed by atoms with Crippen molar-refractivity contribution in [1.29, 1.82) is 5.41 Å². The van der Waals surface area contributed by atoms with Gasteiger partial charge in [0.15, 0.2) is 5.78 Å². The van der Waals surface area contributed by atoms with Crippen molar-refractivity contribution in [3.8, 4) is 0 Å². The fraction of sp³-hybridized carbons (Fsp3) is 0.0769. The van der Waals surface area contributed by atoms with E-state index in [4.69, 9.17) is 5.41 Å². The molecule has 2 aromatic rings. The molecule has 0 atom stereocenters. The van der Waals surface area contributed by atoms with E-state index in [1.165, 1.54) is 13.1 Å². The summed E-state index contributed by atoms with van der Waals surface area (Å²) in [5.41, 5.74) is 1.18. The van der Waals surface area contributed by atoms with Crippen LogP contribution in [0.4, 0.5) is 0 Å². The first kappa shape index (κ1) is 15.7. The Bertz CT molecular complexity index is 553. The fourth-order valence-corrected chi connectivity index (χ4v) is 1.53. The summed E-state index contributed by atoms with van der Waals surface area (Å²) in [4.78, 5) is 18.5. The smallest absolute Gasteiger partial charge is 0.178 e. The Morgan fingerprint density at radius 3 is 2.05 bits per heavy atom. The molecule has 98 valence electrons. The third-order valence-electron chi connectivity index (χ3n) is 1.99. The maximum atomic E-state index is 10.7. The van der Waals surface area contributed by atoms with Gasteiger partial charge in [-0.25, -0.2) is 0 Å². The van der Waals surface area contributed by atoms with Gasteiger partial charge in [0, 0.05) is 34.5 Å². The normalized spacial score (nSPS) is 9.21. The van der Waals surface area contributed by atoms with Crippen molar-refractivity contribution >= 4 is 43.9 Å². The van der Waals surface area contributed by atoms with Crippen LogP contribution in [0, 0.1) is 5.41 Å². The highest BCUT2D eigenvalue weighted by Gasteiger charge is 1.97. The number of rotatable bonds is 2. The maximum absolute atomic E-state index is 10.7. The van der Waals surface area contributed by atoms with Crippen molar-refractivity contribution in [2.75, 3.05) is 0 Å². The molecular formula is C13H11Br2N3O. The molecule has 0 aromatic carbocycles. The van der Waals surface area contributed by atoms with Gasteiger partial charge in [0.1, 0.15) is 5.69 Å². The summed E-state index contributed by atoms with van der Waals surface area (Å²) in [5, 5.41) is 6.81. The molecule has 0 saturated heterocycles. The van der Waals surface area contributed by atoms with E-state index in [1.54, 1.807) is 30.6 Å². The van der Waals surface area contributed by atoms with Gasteiger partial charge in [0.2, 0.25) is 0 Å². The van der Waals surface area contributed by atoms with Crippen molar-refractivity contribution in [3.05, 3.63) is 57.0 Å². The average molecular weight is 385 g/mol. The van der Waals surface area contributed by atoms with E-state index >= 15 is 0 Å². The molecule has 0 unspecified atom stereocenters. The van der Waals surface area contributed by atoms with Crippen LogP contribution >= 0.6 is 31.9 Å². The van der Waals surface area contributed by atoms with E-state index < -0.39 is 0 Å². The Morgan fingerprint density at radius 2 is 1.68 bits per heavy atom. The average Bonchev–Trinajstić information content (AvgIpc) is 2.41. The number of aromatic nitrogens is 2. The molecule has 0 fully saturated rings. The molecular weight excluding hydrogens is 374 g/mol. The first-order chi connectivity index (χ1) is 9.02. The first-order valence-electron chi connectivity index (χ1n) is 5.27. The van der Waals surface area contributed by atoms with Crippen molar-refractivity contribution in [1.82, 2.24) is 9.97 Å². The number of hydrogen-bond acceptors (Lipinski definition) is 4. The standard InChI is InChI=1S/C7H6BrNO.C6H5BrN2/c1-5(10)7-3-2-6(8)4-9-7;7-5-1-2-6(3-8)9-4-5/h2-4H,1H3;1-4,8H. The second kappa shape index (κ2) is 7.91. The zero-order valence-corrected chi connectivity index (χ0v) is 13.3. The zero-order valence-electron chi connectivity index (χ0n) is 10.1. The lowest BCUT2D eigenvalue weighted by atomic mass is 10.3. The second-order valence-corrected chi connectivity index (χ2v) is 5.29. The summed E-state index contributed by atoms with van der Waals surface area (Å²) >= 11 is 6.46. The number of nitrogens with one attached hydrogen (secondary N) is 1. The Balaban J connectivity index is 0.000000191. The number of nitrogens with zero attached hydrogens (tertiary/aromatic N) is 2. The third kappa shape index (κ3) is 5.85. The minimum Gasteiger partial charge on any atom is -0.307 e. The minimum absolute atomic E-state index is 0.00694. The van der Waals surface area contributed by atoms with Gasteiger partial charge in [-0.1, -0.05) is 0 Å². The SMILES string of the molecule is CC(=O)c1ccc(Br)cn1.N=Cc1ccc(Br)cn1. The monoisotopic (exact) mass is 383 g/mol. The van der Waals surface area contributed by atoms with Gasteiger partial charge in [-0.05, 0) is 56.1 Å². The van der Waals surface area contributed by atoms with Gasteiger partial charge >= 0.3 is 0 Å². The lowest BCUT2D eigenvalue weighted by Crippen LogP contribution is -1.94. The molecule has 0 spiro atoms. The number of carbonyl (C=O) groups excluding carboxylic acids is 1. The van der Waals surface area contributed by atoms with E-state index in [9.17, 15) is 4.79 Å². The van der Waals surface area contributed by atoms with Crippen LogP contribution in [-0.2, 0) is 0 Å². The van der Waals surface area contributed by atoms with Crippen molar-refractivity contribution in [2.24, 2.45) is 0 Å². The number of halogens is 2. The number of Topliss-reactive ketones (excluding diaryl/α,β-unsaturated/α-hetero) is 1. The molecule has 0 aliphatic heterocycles. The topological polar surface area (TPSA) is 66.7 Å². The highest BCUT2D eigenvalue weighted by atomic mass is 79.9. The number of hydrogen-bond donors (Lipinski definition) is 1. The molecule has 0 aliphatic rings. The Hall–Kier alpha value is -1.40. The molecule has 2 aromatic heterocycles. The van der Waals surface area contributed by atoms with E-state index in [0.717, 1.165) is 8.95 Å². The summed E-state index contributed by atoms with van der Waals surface area (Å²) in [7, 11) is 0. The molecule has 0 bridgehead atoms. The van der Waals surface area contributed by atoms with Gasteiger partial charge in [0.05, 0.1) is 5.69 Å². The quantitative estimate of drug-likeness (QED) is 0.630. The molecule has 19 heavy (non-hydrogen) atoms. The highest BCUT2D eigenvalue weighted by molar-refractivity contribution is 9.10. The van der Waals surface area contributed by atoms with Crippen LogP contribution in [0.2, 0.25) is 0 Å². The molecule has 0 amide bonds. The van der Waals surface area contributed by atoms with Crippen LogP contribution in [0.1, 0.15) is 23.1 Å². The molecule has 2 heterocycles. The number of pyridine rings is 2. The van der Waals surface area contributed by atoms with Gasteiger partial charge < -0.3 is 5.41 Å². The number of carbonyl (C=O) groups is 1. The zero-order chi connectivity index (χ0) is 14.3. The summed E-state index contributed by atoms with van der Waals surface area (Å²) in [6.45, 7) is 1.50. The molecule has 2 rings (SSSR count). The summed E-state index contributed by atoms with van der Waals surface area (Å²) in [5.74, 6) is -0.00694. The van der Waals surface area contributed by atoms with Gasteiger partial charge in [-0.2, -0.15) is 0 Å². The lowest BCUT2D eigenvalue weighted by molar-refractivity contribution is 0.101. The predicted molar refractivity (Wildman–Crippen MR) is 81.8 cm³/mol. The van der Waals surface area contributed by atoms with E-state index in [2.05, 4.69) is 41.8 Å². The lowest BCUT2D eigenvalue weighted by Gasteiger charge is -1.92. The van der Waals surface area contributed by atoms with Gasteiger partial charge in [0.25, 0.3) is 0 Å². The summed E-state index contributed by atoms with van der Waals surface area (Å²) in [6, 6.07) is 7.11. The minimum atomic E-state index is -0.00694. The van der Waals surface area contributed by atoms with E-state index in [1.807, 2.05) is 6.07 Å². The van der Waals surface area contributed by atoms with Crippen LogP contribution in [0.25, 0.3) is 0 Å². The van der Waals surface area contributed by atoms with Gasteiger partial charge in [-0.3, -0.25) is 14.8 Å². The fourth-order valence-electron chi connectivity index (χ4n) is 1.06. The Labute approximate surface area is 128 Å². The molecule has 4 nitrogen and oxygen atoms in total.